The molecular weight excluding hydrogens is 368 g/mol. The predicted molar refractivity (Wildman–Crippen MR) is 112 cm³/mol. The molecule has 0 saturated carbocycles. The van der Waals surface area contributed by atoms with Gasteiger partial charge in [0, 0.05) is 49.9 Å². The highest BCUT2D eigenvalue weighted by Crippen LogP contribution is 2.17. The van der Waals surface area contributed by atoms with Gasteiger partial charge in [-0.05, 0) is 48.7 Å². The molecule has 1 saturated heterocycles. The molecular formula is C22H26N4O3. The molecule has 0 bridgehead atoms. The Balaban J connectivity index is 1.65. The van der Waals surface area contributed by atoms with E-state index in [-0.39, 0.29) is 18.0 Å². The first-order valence-corrected chi connectivity index (χ1v) is 9.71. The number of nitrogens with one attached hydrogen (secondary N) is 2. The number of ether oxygens (including phenoxy) is 1. The third kappa shape index (κ3) is 6.15. The zero-order valence-corrected chi connectivity index (χ0v) is 16.3. The molecule has 3 rings (SSSR count). The van der Waals surface area contributed by atoms with Gasteiger partial charge in [-0.2, -0.15) is 0 Å². The first-order valence-electron chi connectivity index (χ1n) is 9.71. The summed E-state index contributed by atoms with van der Waals surface area (Å²) in [6.07, 6.45) is 7.10. The Kier molecular flexibility index (Phi) is 7.35. The van der Waals surface area contributed by atoms with E-state index in [1.54, 1.807) is 47.6 Å². The van der Waals surface area contributed by atoms with Gasteiger partial charge in [-0.1, -0.05) is 12.1 Å². The van der Waals surface area contributed by atoms with E-state index in [0.717, 1.165) is 25.0 Å². The molecule has 0 aliphatic carbocycles. The van der Waals surface area contributed by atoms with Crippen LogP contribution < -0.4 is 10.6 Å². The lowest BCUT2D eigenvalue weighted by Gasteiger charge is -2.26. The molecule has 29 heavy (non-hydrogen) atoms. The van der Waals surface area contributed by atoms with Crippen molar-refractivity contribution in [1.29, 1.82) is 0 Å². The van der Waals surface area contributed by atoms with Gasteiger partial charge in [0.15, 0.2) is 0 Å². The van der Waals surface area contributed by atoms with E-state index in [0.29, 0.717) is 30.9 Å². The summed E-state index contributed by atoms with van der Waals surface area (Å²) in [5, 5.41) is 5.63. The minimum absolute atomic E-state index is 0.0494. The van der Waals surface area contributed by atoms with Crippen molar-refractivity contribution in [2.24, 2.45) is 0 Å². The molecule has 7 heteroatoms. The lowest BCUT2D eigenvalue weighted by Crippen LogP contribution is -2.39. The van der Waals surface area contributed by atoms with Crippen LogP contribution in [0.2, 0.25) is 0 Å². The molecule has 1 fully saturated rings. The Labute approximate surface area is 170 Å². The zero-order chi connectivity index (χ0) is 20.5. The van der Waals surface area contributed by atoms with Gasteiger partial charge in [-0.15, -0.1) is 6.58 Å². The summed E-state index contributed by atoms with van der Waals surface area (Å²) >= 11 is 0. The van der Waals surface area contributed by atoms with Crippen LogP contribution >= 0.6 is 0 Å². The third-order valence-electron chi connectivity index (χ3n) is 4.64. The normalized spacial score (nSPS) is 15.5. The minimum atomic E-state index is -0.215. The topological polar surface area (TPSA) is 83.6 Å². The molecule has 1 aliphatic heterocycles. The Morgan fingerprint density at radius 1 is 1.28 bits per heavy atom. The standard InChI is InChI=1S/C22H26N4O3/c1-2-11-24-21(27)18-7-9-19(10-8-18)25-22(28)26(16-20-6-4-13-29-20)15-17-5-3-12-23-14-17/h2-3,5,7-10,12,14,20H,1,4,6,11,13,15-16H2,(H,24,27)(H,25,28). The van der Waals surface area contributed by atoms with Crippen molar-refractivity contribution < 1.29 is 14.3 Å². The largest absolute Gasteiger partial charge is 0.376 e. The van der Waals surface area contributed by atoms with Crippen molar-refractivity contribution >= 4 is 17.6 Å². The number of amides is 3. The lowest BCUT2D eigenvalue weighted by atomic mass is 10.2. The predicted octanol–water partition coefficient (Wildman–Crippen LogP) is 3.21. The van der Waals surface area contributed by atoms with Crippen LogP contribution in [0.5, 0.6) is 0 Å². The number of aromatic nitrogens is 1. The maximum absolute atomic E-state index is 12.9. The number of hydrogen-bond donors (Lipinski definition) is 2. The summed E-state index contributed by atoms with van der Waals surface area (Å²) < 4.78 is 5.71. The van der Waals surface area contributed by atoms with Crippen molar-refractivity contribution in [3.05, 3.63) is 72.6 Å². The molecule has 1 atom stereocenters. The Morgan fingerprint density at radius 3 is 2.76 bits per heavy atom. The number of urea groups is 1. The fourth-order valence-electron chi connectivity index (χ4n) is 3.14. The minimum Gasteiger partial charge on any atom is -0.376 e. The van der Waals surface area contributed by atoms with E-state index >= 15 is 0 Å². The number of benzene rings is 1. The van der Waals surface area contributed by atoms with Gasteiger partial charge in [0.1, 0.15) is 0 Å². The summed E-state index contributed by atoms with van der Waals surface area (Å²) in [5.74, 6) is -0.181. The highest BCUT2D eigenvalue weighted by Gasteiger charge is 2.23. The molecule has 2 heterocycles. The molecule has 2 N–H and O–H groups in total. The van der Waals surface area contributed by atoms with Crippen molar-refractivity contribution in [3.8, 4) is 0 Å². The highest BCUT2D eigenvalue weighted by atomic mass is 16.5. The second kappa shape index (κ2) is 10.4. The summed E-state index contributed by atoms with van der Waals surface area (Å²) in [6, 6.07) is 10.4. The van der Waals surface area contributed by atoms with Crippen LogP contribution in [0.3, 0.4) is 0 Å². The average Bonchev–Trinajstić information content (AvgIpc) is 3.26. The number of nitrogens with zero attached hydrogens (tertiary/aromatic N) is 2. The van der Waals surface area contributed by atoms with Gasteiger partial charge in [-0.3, -0.25) is 9.78 Å². The summed E-state index contributed by atoms with van der Waals surface area (Å²) in [7, 11) is 0. The molecule has 1 aliphatic rings. The number of hydrogen-bond acceptors (Lipinski definition) is 4. The van der Waals surface area contributed by atoms with E-state index in [1.165, 1.54) is 0 Å². The number of pyridine rings is 1. The number of anilines is 1. The van der Waals surface area contributed by atoms with Crippen LogP contribution in [0.4, 0.5) is 10.5 Å². The van der Waals surface area contributed by atoms with Gasteiger partial charge < -0.3 is 20.3 Å². The molecule has 1 aromatic carbocycles. The number of carbonyl (C=O) groups excluding carboxylic acids is 2. The molecule has 152 valence electrons. The average molecular weight is 394 g/mol. The van der Waals surface area contributed by atoms with Crippen LogP contribution in [0.1, 0.15) is 28.8 Å². The highest BCUT2D eigenvalue weighted by molar-refractivity contribution is 5.95. The van der Waals surface area contributed by atoms with Crippen LogP contribution in [-0.2, 0) is 11.3 Å². The van der Waals surface area contributed by atoms with E-state index in [9.17, 15) is 9.59 Å². The Morgan fingerprint density at radius 2 is 2.10 bits per heavy atom. The van der Waals surface area contributed by atoms with Crippen LogP contribution in [0.25, 0.3) is 0 Å². The first kappa shape index (κ1) is 20.5. The molecule has 7 nitrogen and oxygen atoms in total. The fourth-order valence-corrected chi connectivity index (χ4v) is 3.14. The van der Waals surface area contributed by atoms with Crippen molar-refractivity contribution in [2.45, 2.75) is 25.5 Å². The van der Waals surface area contributed by atoms with Gasteiger partial charge in [0.2, 0.25) is 0 Å². The summed E-state index contributed by atoms with van der Waals surface area (Å²) in [4.78, 5) is 30.7. The second-order valence-corrected chi connectivity index (χ2v) is 6.88. The van der Waals surface area contributed by atoms with Crippen LogP contribution in [-0.4, -0.2) is 47.6 Å². The SMILES string of the molecule is C=CCNC(=O)c1ccc(NC(=O)N(Cc2cccnc2)CC2CCCO2)cc1. The molecule has 3 amide bonds. The molecule has 0 radical (unpaired) electrons. The summed E-state index contributed by atoms with van der Waals surface area (Å²) in [6.45, 7) is 5.68. The van der Waals surface area contributed by atoms with Gasteiger partial charge in [0.25, 0.3) is 5.91 Å². The van der Waals surface area contributed by atoms with Crippen LogP contribution in [0, 0.1) is 0 Å². The maximum Gasteiger partial charge on any atom is 0.322 e. The van der Waals surface area contributed by atoms with Crippen molar-refractivity contribution in [1.82, 2.24) is 15.2 Å². The number of rotatable bonds is 8. The second-order valence-electron chi connectivity index (χ2n) is 6.88. The first-order chi connectivity index (χ1) is 14.2. The monoisotopic (exact) mass is 394 g/mol. The van der Waals surface area contributed by atoms with Gasteiger partial charge in [-0.25, -0.2) is 4.79 Å². The zero-order valence-electron chi connectivity index (χ0n) is 16.3. The van der Waals surface area contributed by atoms with Crippen molar-refractivity contribution in [3.63, 3.8) is 0 Å². The van der Waals surface area contributed by atoms with E-state index in [2.05, 4.69) is 22.2 Å². The molecule has 2 aromatic rings. The smallest absolute Gasteiger partial charge is 0.322 e. The molecule has 1 aromatic heterocycles. The van der Waals surface area contributed by atoms with E-state index < -0.39 is 0 Å². The molecule has 1 unspecified atom stereocenters. The fraction of sp³-hybridized carbons (Fsp3) is 0.318. The van der Waals surface area contributed by atoms with Crippen LogP contribution in [0.15, 0.2) is 61.4 Å². The van der Waals surface area contributed by atoms with Gasteiger partial charge in [0.05, 0.1) is 6.10 Å². The Bertz CT molecular complexity index is 818. The maximum atomic E-state index is 12.9. The number of carbonyl (C=O) groups is 2. The quantitative estimate of drug-likeness (QED) is 0.674. The molecule has 0 spiro atoms. The summed E-state index contributed by atoms with van der Waals surface area (Å²) in [5.41, 5.74) is 2.10. The van der Waals surface area contributed by atoms with E-state index in [1.807, 2.05) is 12.1 Å². The third-order valence-corrected chi connectivity index (χ3v) is 4.64. The van der Waals surface area contributed by atoms with Crippen molar-refractivity contribution in [2.75, 3.05) is 25.0 Å². The Hall–Kier alpha value is -3.19. The van der Waals surface area contributed by atoms with Gasteiger partial charge >= 0.3 is 6.03 Å². The van der Waals surface area contributed by atoms with E-state index in [4.69, 9.17) is 4.74 Å². The lowest BCUT2D eigenvalue weighted by molar-refractivity contribution is 0.0819.